The summed E-state index contributed by atoms with van der Waals surface area (Å²) in [4.78, 5) is 13.5. The first-order chi connectivity index (χ1) is 9.20. The molecule has 0 bridgehead atoms. The number of benzene rings is 1. The molecule has 110 valence electrons. The molecule has 3 nitrogen and oxygen atoms in total. The molecule has 1 amide bonds. The molecule has 0 spiro atoms. The minimum absolute atomic E-state index is 0.0847. The monoisotopic (exact) mass is 290 g/mol. The van der Waals surface area contributed by atoms with Crippen LogP contribution in [0.2, 0.25) is 0 Å². The summed E-state index contributed by atoms with van der Waals surface area (Å²) in [6.45, 7) is 2.54. The molecule has 1 aliphatic heterocycles. The Morgan fingerprint density at radius 2 is 2.00 bits per heavy atom. The smallest absolute Gasteiger partial charge is 0.337 e. The van der Waals surface area contributed by atoms with Crippen molar-refractivity contribution in [2.45, 2.75) is 19.1 Å². The zero-order valence-corrected chi connectivity index (χ0v) is 10.7. The number of halogens is 4. The second-order valence-corrected chi connectivity index (χ2v) is 5.04. The van der Waals surface area contributed by atoms with Crippen molar-refractivity contribution in [1.29, 1.82) is 0 Å². The molecule has 1 heterocycles. The van der Waals surface area contributed by atoms with Gasteiger partial charge in [-0.3, -0.25) is 4.79 Å². The van der Waals surface area contributed by atoms with E-state index < -0.39 is 23.5 Å². The van der Waals surface area contributed by atoms with Gasteiger partial charge in [-0.25, -0.2) is 4.39 Å². The molecule has 2 atom stereocenters. The Hall–Kier alpha value is -1.63. The lowest BCUT2D eigenvalue weighted by atomic mass is 10.1. The average molecular weight is 290 g/mol. The highest BCUT2D eigenvalue weighted by Gasteiger charge is 2.36. The second-order valence-electron chi connectivity index (χ2n) is 5.04. The Balaban J connectivity index is 2.28. The quantitative estimate of drug-likeness (QED) is 0.806. The van der Waals surface area contributed by atoms with E-state index in [1.807, 2.05) is 6.92 Å². The van der Waals surface area contributed by atoms with E-state index in [4.69, 9.17) is 5.73 Å². The number of alkyl halides is 3. The van der Waals surface area contributed by atoms with Crippen LogP contribution in [0.3, 0.4) is 0 Å². The molecule has 20 heavy (non-hydrogen) atoms. The molecule has 2 unspecified atom stereocenters. The van der Waals surface area contributed by atoms with Gasteiger partial charge in [0, 0.05) is 24.7 Å². The normalized spacial score (nSPS) is 23.2. The van der Waals surface area contributed by atoms with E-state index in [2.05, 4.69) is 0 Å². The highest BCUT2D eigenvalue weighted by Crippen LogP contribution is 2.32. The largest absolute Gasteiger partial charge is 0.419 e. The fourth-order valence-corrected chi connectivity index (χ4v) is 2.22. The van der Waals surface area contributed by atoms with Gasteiger partial charge in [0.05, 0.1) is 5.56 Å². The number of rotatable bonds is 1. The first kappa shape index (κ1) is 14.8. The summed E-state index contributed by atoms with van der Waals surface area (Å²) in [5.74, 6) is -1.86. The Kier molecular flexibility index (Phi) is 3.73. The maximum Gasteiger partial charge on any atom is 0.419 e. The number of nitrogens with zero attached hydrogens (tertiary/aromatic N) is 1. The molecular formula is C13H14F4N2O. The van der Waals surface area contributed by atoms with E-state index in [-0.39, 0.29) is 17.5 Å². The Morgan fingerprint density at radius 3 is 2.50 bits per heavy atom. The Morgan fingerprint density at radius 1 is 1.35 bits per heavy atom. The van der Waals surface area contributed by atoms with Crippen LogP contribution in [-0.4, -0.2) is 29.9 Å². The van der Waals surface area contributed by atoms with Gasteiger partial charge in [-0.1, -0.05) is 6.92 Å². The predicted octanol–water partition coefficient (Wildman–Crippen LogP) is 2.26. The number of carbonyl (C=O) groups is 1. The van der Waals surface area contributed by atoms with Crippen molar-refractivity contribution >= 4 is 5.91 Å². The third-order valence-corrected chi connectivity index (χ3v) is 3.48. The van der Waals surface area contributed by atoms with E-state index in [1.165, 1.54) is 4.90 Å². The zero-order valence-electron chi connectivity index (χ0n) is 10.7. The molecule has 1 fully saturated rings. The van der Waals surface area contributed by atoms with Gasteiger partial charge >= 0.3 is 6.18 Å². The van der Waals surface area contributed by atoms with E-state index in [0.717, 1.165) is 6.07 Å². The highest BCUT2D eigenvalue weighted by atomic mass is 19.4. The molecule has 0 aliphatic carbocycles. The fraction of sp³-hybridized carbons (Fsp3) is 0.462. The molecule has 1 aromatic carbocycles. The summed E-state index contributed by atoms with van der Waals surface area (Å²) in [6, 6.07) is 2.07. The van der Waals surface area contributed by atoms with Crippen molar-refractivity contribution in [1.82, 2.24) is 4.90 Å². The molecule has 7 heteroatoms. The van der Waals surface area contributed by atoms with Crippen LogP contribution in [0.25, 0.3) is 0 Å². The summed E-state index contributed by atoms with van der Waals surface area (Å²) in [6.07, 6.45) is -4.82. The van der Waals surface area contributed by atoms with Gasteiger partial charge < -0.3 is 10.6 Å². The lowest BCUT2D eigenvalue weighted by molar-refractivity contribution is -0.140. The van der Waals surface area contributed by atoms with Crippen molar-refractivity contribution in [3.8, 4) is 0 Å². The van der Waals surface area contributed by atoms with Gasteiger partial charge in [-0.2, -0.15) is 13.2 Å². The van der Waals surface area contributed by atoms with E-state index in [1.54, 1.807) is 0 Å². The van der Waals surface area contributed by atoms with Crippen molar-refractivity contribution in [2.75, 3.05) is 13.1 Å². The molecule has 0 aromatic heterocycles. The maximum absolute atomic E-state index is 13.2. The van der Waals surface area contributed by atoms with Crippen LogP contribution < -0.4 is 5.73 Å². The van der Waals surface area contributed by atoms with Crippen LogP contribution in [-0.2, 0) is 6.18 Å². The van der Waals surface area contributed by atoms with Gasteiger partial charge in [0.15, 0.2) is 0 Å². The first-order valence-electron chi connectivity index (χ1n) is 6.11. The van der Waals surface area contributed by atoms with Crippen LogP contribution in [0.4, 0.5) is 17.6 Å². The third kappa shape index (κ3) is 2.77. The van der Waals surface area contributed by atoms with Crippen LogP contribution >= 0.6 is 0 Å². The number of amides is 1. The standard InChI is InChI=1S/C13H14F4N2O/c1-7-5-19(6-11(7)18)12(20)8-2-3-10(14)9(4-8)13(15,16)17/h2-4,7,11H,5-6,18H2,1H3. The van der Waals surface area contributed by atoms with Gasteiger partial charge in [-0.15, -0.1) is 0 Å². The van der Waals surface area contributed by atoms with Crippen LogP contribution in [0.1, 0.15) is 22.8 Å². The van der Waals surface area contributed by atoms with E-state index >= 15 is 0 Å². The summed E-state index contributed by atoms with van der Waals surface area (Å²) in [5, 5.41) is 0. The minimum atomic E-state index is -4.82. The zero-order chi connectivity index (χ0) is 15.1. The lowest BCUT2D eigenvalue weighted by Crippen LogP contribution is -2.32. The van der Waals surface area contributed by atoms with Crippen molar-refractivity contribution in [3.63, 3.8) is 0 Å². The Bertz CT molecular complexity index is 520. The van der Waals surface area contributed by atoms with Gasteiger partial charge in [-0.05, 0) is 24.1 Å². The molecule has 2 N–H and O–H groups in total. The van der Waals surface area contributed by atoms with Crippen molar-refractivity contribution in [3.05, 3.63) is 35.1 Å². The summed E-state index contributed by atoms with van der Waals surface area (Å²) in [5.41, 5.74) is 4.16. The van der Waals surface area contributed by atoms with E-state index in [9.17, 15) is 22.4 Å². The van der Waals surface area contributed by atoms with Gasteiger partial charge in [0.1, 0.15) is 5.82 Å². The van der Waals surface area contributed by atoms with Crippen molar-refractivity contribution in [2.24, 2.45) is 11.7 Å². The molecular weight excluding hydrogens is 276 g/mol. The second kappa shape index (κ2) is 5.05. The maximum atomic E-state index is 13.2. The molecule has 0 radical (unpaired) electrons. The van der Waals surface area contributed by atoms with Crippen LogP contribution in [0.5, 0.6) is 0 Å². The SMILES string of the molecule is CC1CN(C(=O)c2ccc(F)c(C(F)(F)F)c2)CC1N. The number of hydrogen-bond acceptors (Lipinski definition) is 2. The molecule has 0 saturated carbocycles. The number of carbonyl (C=O) groups excluding carboxylic acids is 1. The fourth-order valence-electron chi connectivity index (χ4n) is 2.22. The minimum Gasteiger partial charge on any atom is -0.337 e. The molecule has 1 aliphatic rings. The summed E-state index contributed by atoms with van der Waals surface area (Å²) >= 11 is 0. The topological polar surface area (TPSA) is 46.3 Å². The number of likely N-dealkylation sites (tertiary alicyclic amines) is 1. The average Bonchev–Trinajstić information content (AvgIpc) is 2.68. The Labute approximate surface area is 113 Å². The highest BCUT2D eigenvalue weighted by molar-refractivity contribution is 5.94. The predicted molar refractivity (Wildman–Crippen MR) is 64.4 cm³/mol. The van der Waals surface area contributed by atoms with E-state index in [0.29, 0.717) is 25.2 Å². The number of nitrogens with two attached hydrogens (primary N) is 1. The van der Waals surface area contributed by atoms with Crippen molar-refractivity contribution < 1.29 is 22.4 Å². The van der Waals surface area contributed by atoms with Crippen LogP contribution in [0.15, 0.2) is 18.2 Å². The van der Waals surface area contributed by atoms with Gasteiger partial charge in [0.2, 0.25) is 0 Å². The first-order valence-corrected chi connectivity index (χ1v) is 6.11. The van der Waals surface area contributed by atoms with Crippen LogP contribution in [0, 0.1) is 11.7 Å². The molecule has 2 rings (SSSR count). The number of hydrogen-bond donors (Lipinski definition) is 1. The van der Waals surface area contributed by atoms with Gasteiger partial charge in [0.25, 0.3) is 5.91 Å². The summed E-state index contributed by atoms with van der Waals surface area (Å²) < 4.78 is 51.0. The molecule has 1 aromatic rings. The lowest BCUT2D eigenvalue weighted by Gasteiger charge is -2.17. The summed E-state index contributed by atoms with van der Waals surface area (Å²) in [7, 11) is 0. The third-order valence-electron chi connectivity index (χ3n) is 3.48. The molecule has 1 saturated heterocycles.